The van der Waals surface area contributed by atoms with E-state index in [4.69, 9.17) is 24.8 Å². The molecule has 0 spiro atoms. The number of hydrogen-bond acceptors (Lipinski definition) is 8. The number of carboxylic acids is 2. The zero-order valence-corrected chi connectivity index (χ0v) is 23.0. The predicted octanol–water partition coefficient (Wildman–Crippen LogP) is 1.47. The van der Waals surface area contributed by atoms with Crippen molar-refractivity contribution in [2.75, 3.05) is 26.2 Å². The molecule has 2 unspecified atom stereocenters. The summed E-state index contributed by atoms with van der Waals surface area (Å²) in [6, 6.07) is 26.8. The second-order valence-electron chi connectivity index (χ2n) is 9.62. The molecule has 6 N–H and O–H groups in total. The summed E-state index contributed by atoms with van der Waals surface area (Å²) >= 11 is 0. The Morgan fingerprint density at radius 2 is 1.26 bits per heavy atom. The number of para-hydroxylation sites is 1. The van der Waals surface area contributed by atoms with Crippen molar-refractivity contribution in [3.05, 3.63) is 106 Å². The molecular formula is C31H32N2O10. The van der Waals surface area contributed by atoms with Crippen molar-refractivity contribution < 1.29 is 44.7 Å². The Morgan fingerprint density at radius 3 is 1.81 bits per heavy atom. The number of hydrogen-bond donors (Lipinski definition) is 4. The maximum absolute atomic E-state index is 13.6. The van der Waals surface area contributed by atoms with Crippen molar-refractivity contribution in [3.8, 4) is 11.3 Å². The lowest BCUT2D eigenvalue weighted by atomic mass is 10.0. The van der Waals surface area contributed by atoms with Gasteiger partial charge in [-0.2, -0.15) is 0 Å². The number of carbonyl (C=O) groups is 3. The number of carbonyl (C=O) groups excluding carboxylic acids is 1. The molecule has 1 aromatic heterocycles. The fraction of sp³-hybridized carbons (Fsp3) is 0.226. The summed E-state index contributed by atoms with van der Waals surface area (Å²) in [6.07, 6.45) is -4.53. The quantitative estimate of drug-likeness (QED) is 0.244. The zero-order valence-electron chi connectivity index (χ0n) is 23.0. The van der Waals surface area contributed by atoms with E-state index >= 15 is 0 Å². The minimum atomic E-state index is -2.27. The maximum Gasteiger partial charge on any atom is 0.335 e. The molecule has 12 nitrogen and oxygen atoms in total. The van der Waals surface area contributed by atoms with Crippen LogP contribution in [0.15, 0.2) is 94.1 Å². The Bertz CT molecular complexity index is 1580. The normalized spacial score (nSPS) is 14.5. The third kappa shape index (κ3) is 7.90. The molecule has 1 fully saturated rings. The van der Waals surface area contributed by atoms with E-state index in [-0.39, 0.29) is 22.4 Å². The van der Waals surface area contributed by atoms with Crippen molar-refractivity contribution in [1.82, 2.24) is 9.80 Å². The number of carboxylic acid groups (broad SMARTS) is 2. The van der Waals surface area contributed by atoms with Crippen molar-refractivity contribution in [3.63, 3.8) is 0 Å². The van der Waals surface area contributed by atoms with Gasteiger partial charge in [-0.1, -0.05) is 72.8 Å². The van der Waals surface area contributed by atoms with Gasteiger partial charge in [-0.05, 0) is 17.7 Å². The predicted molar refractivity (Wildman–Crippen MR) is 156 cm³/mol. The topological polar surface area (TPSA) is 200 Å². The Balaban J connectivity index is 0.000000399. The van der Waals surface area contributed by atoms with Gasteiger partial charge in [0.25, 0.3) is 5.91 Å². The summed E-state index contributed by atoms with van der Waals surface area (Å²) in [6.45, 7) is 3.54. The summed E-state index contributed by atoms with van der Waals surface area (Å²) < 4.78 is 6.11. The number of rotatable bonds is 7. The summed E-state index contributed by atoms with van der Waals surface area (Å²) in [7, 11) is 0. The molecule has 1 aliphatic heterocycles. The summed E-state index contributed by atoms with van der Waals surface area (Å²) in [5.41, 5.74) is 2.31. The Kier molecular flexibility index (Phi) is 11.3. The summed E-state index contributed by atoms with van der Waals surface area (Å²) in [5, 5.41) is 33.0. The standard InChI is InChI=1S/C27H24N2O3.C4H6O6.H2O/c30-25-22-13-7-8-14-23(22)32-26(21-11-5-2-6-12-21)24(25)27(31)29-17-15-28(16-18-29)19-20-9-3-1-4-10-20;5-1(3(7)8)2(6)4(9)10;/h1-14H,15-19H2;1-2,5-6H,(H,7,8)(H,9,10);1H2. The first kappa shape index (κ1) is 32.6. The van der Waals surface area contributed by atoms with Crippen molar-refractivity contribution >= 4 is 28.8 Å². The first-order chi connectivity index (χ1) is 20.2. The van der Waals surface area contributed by atoms with Crippen LogP contribution in [0.5, 0.6) is 0 Å². The molecule has 2 atom stereocenters. The maximum atomic E-state index is 13.6. The number of aliphatic hydroxyl groups excluding tert-OH is 2. The number of nitrogens with zero attached hydrogens (tertiary/aromatic N) is 2. The average molecular weight is 593 g/mol. The lowest BCUT2D eigenvalue weighted by molar-refractivity contribution is -0.165. The van der Waals surface area contributed by atoms with Crippen LogP contribution in [0.2, 0.25) is 0 Å². The van der Waals surface area contributed by atoms with E-state index in [0.717, 1.165) is 25.2 Å². The third-order valence-electron chi connectivity index (χ3n) is 6.76. The smallest absolute Gasteiger partial charge is 0.335 e. The van der Waals surface area contributed by atoms with Crippen molar-refractivity contribution in [2.45, 2.75) is 18.8 Å². The van der Waals surface area contributed by atoms with Gasteiger partial charge in [-0.25, -0.2) is 9.59 Å². The van der Waals surface area contributed by atoms with Gasteiger partial charge in [0.05, 0.1) is 5.39 Å². The fourth-order valence-corrected chi connectivity index (χ4v) is 4.51. The molecule has 1 aliphatic rings. The zero-order chi connectivity index (χ0) is 30.2. The highest BCUT2D eigenvalue weighted by molar-refractivity contribution is 6.02. The molecule has 43 heavy (non-hydrogen) atoms. The molecule has 226 valence electrons. The van der Waals surface area contributed by atoms with E-state index in [9.17, 15) is 19.2 Å². The fourth-order valence-electron chi connectivity index (χ4n) is 4.51. The number of aliphatic carboxylic acids is 2. The van der Waals surface area contributed by atoms with Crippen molar-refractivity contribution in [1.29, 1.82) is 0 Å². The molecule has 1 saturated heterocycles. The lowest BCUT2D eigenvalue weighted by Gasteiger charge is -2.34. The van der Waals surface area contributed by atoms with E-state index in [1.54, 1.807) is 23.1 Å². The average Bonchev–Trinajstić information content (AvgIpc) is 3.01. The largest absolute Gasteiger partial charge is 0.479 e. The highest BCUT2D eigenvalue weighted by Crippen LogP contribution is 2.27. The number of fused-ring (bicyclic) bond motifs is 1. The monoisotopic (exact) mass is 592 g/mol. The summed E-state index contributed by atoms with van der Waals surface area (Å²) in [4.78, 5) is 50.6. The number of benzene rings is 3. The van der Waals surface area contributed by atoms with Crippen LogP contribution in [0.25, 0.3) is 22.3 Å². The van der Waals surface area contributed by atoms with Crippen LogP contribution < -0.4 is 5.43 Å². The van der Waals surface area contributed by atoms with Gasteiger partial charge in [0.2, 0.25) is 5.43 Å². The Labute approximate surface area is 246 Å². The van der Waals surface area contributed by atoms with E-state index in [0.29, 0.717) is 29.8 Å². The van der Waals surface area contributed by atoms with Gasteiger partial charge in [0, 0.05) is 38.3 Å². The van der Waals surface area contributed by atoms with Crippen LogP contribution in [0.1, 0.15) is 15.9 Å². The minimum Gasteiger partial charge on any atom is -0.479 e. The minimum absolute atomic E-state index is 0. The van der Waals surface area contributed by atoms with E-state index in [2.05, 4.69) is 17.0 Å². The van der Waals surface area contributed by atoms with Crippen LogP contribution in [-0.2, 0) is 16.1 Å². The SMILES string of the molecule is O.O=C(O)C(O)C(O)C(=O)O.O=C(c1c(-c2ccccc2)oc2ccccc2c1=O)N1CCN(Cc2ccccc2)CC1. The Hall–Kier alpha value is -4.88. The van der Waals surface area contributed by atoms with Gasteiger partial charge >= 0.3 is 11.9 Å². The van der Waals surface area contributed by atoms with Crippen LogP contribution in [0, 0.1) is 0 Å². The molecule has 0 bridgehead atoms. The summed E-state index contributed by atoms with van der Waals surface area (Å²) in [5.74, 6) is -3.46. The molecule has 12 heteroatoms. The first-order valence-electron chi connectivity index (χ1n) is 13.2. The molecule has 2 heterocycles. The second kappa shape index (κ2) is 14.8. The van der Waals surface area contributed by atoms with Gasteiger partial charge < -0.3 is 35.2 Å². The molecule has 3 aromatic carbocycles. The van der Waals surface area contributed by atoms with E-state index in [1.165, 1.54) is 5.56 Å². The molecule has 0 radical (unpaired) electrons. The van der Waals surface area contributed by atoms with Gasteiger partial charge in [0.15, 0.2) is 18.0 Å². The molecule has 1 amide bonds. The van der Waals surface area contributed by atoms with Gasteiger partial charge in [0.1, 0.15) is 11.1 Å². The van der Waals surface area contributed by atoms with E-state index < -0.39 is 24.1 Å². The number of piperazine rings is 1. The van der Waals surface area contributed by atoms with Crippen LogP contribution in [0.4, 0.5) is 0 Å². The number of amides is 1. The van der Waals surface area contributed by atoms with Gasteiger partial charge in [-0.3, -0.25) is 14.5 Å². The van der Waals surface area contributed by atoms with Crippen LogP contribution >= 0.6 is 0 Å². The first-order valence-corrected chi connectivity index (χ1v) is 13.2. The second-order valence-corrected chi connectivity index (χ2v) is 9.62. The molecular weight excluding hydrogens is 560 g/mol. The third-order valence-corrected chi connectivity index (χ3v) is 6.76. The highest BCUT2D eigenvalue weighted by Gasteiger charge is 2.30. The molecule has 5 rings (SSSR count). The van der Waals surface area contributed by atoms with Gasteiger partial charge in [-0.15, -0.1) is 0 Å². The molecule has 0 aliphatic carbocycles. The Morgan fingerprint density at radius 1 is 0.744 bits per heavy atom. The number of aliphatic hydroxyl groups is 2. The molecule has 4 aromatic rings. The van der Waals surface area contributed by atoms with Crippen molar-refractivity contribution in [2.24, 2.45) is 0 Å². The highest BCUT2D eigenvalue weighted by atomic mass is 16.4. The van der Waals surface area contributed by atoms with Crippen LogP contribution in [0.3, 0.4) is 0 Å². The molecule has 0 saturated carbocycles. The van der Waals surface area contributed by atoms with Crippen LogP contribution in [-0.4, -0.2) is 91.9 Å². The lowest BCUT2D eigenvalue weighted by Crippen LogP contribution is -2.49. The van der Waals surface area contributed by atoms with E-state index in [1.807, 2.05) is 54.6 Å².